The fourth-order valence-electron chi connectivity index (χ4n) is 3.14. The molecule has 0 unspecified atom stereocenters. The van der Waals surface area contributed by atoms with Gasteiger partial charge in [0.1, 0.15) is 0 Å². The van der Waals surface area contributed by atoms with Crippen molar-refractivity contribution in [3.8, 4) is 11.5 Å². The number of fused-ring (bicyclic) bond motifs is 1. The minimum absolute atomic E-state index is 0.361. The zero-order valence-corrected chi connectivity index (χ0v) is 16.1. The van der Waals surface area contributed by atoms with Crippen LogP contribution in [0.15, 0.2) is 42.6 Å². The van der Waals surface area contributed by atoms with E-state index in [-0.39, 0.29) is 0 Å². The summed E-state index contributed by atoms with van der Waals surface area (Å²) in [5.74, 6) is -0.414. The van der Waals surface area contributed by atoms with Gasteiger partial charge in [0.2, 0.25) is 0 Å². The van der Waals surface area contributed by atoms with E-state index in [1.807, 2.05) is 18.3 Å². The summed E-state index contributed by atoms with van der Waals surface area (Å²) in [5, 5.41) is 6.37. The van der Waals surface area contributed by atoms with Gasteiger partial charge in [-0.3, -0.25) is 9.59 Å². The monoisotopic (exact) mass is 381 g/mol. The fourth-order valence-corrected chi connectivity index (χ4v) is 3.14. The molecule has 0 saturated carbocycles. The molecule has 0 aliphatic carbocycles. The minimum atomic E-state index is -0.734. The molecule has 2 aromatic carbocycles. The Morgan fingerprint density at radius 2 is 1.82 bits per heavy atom. The molecule has 0 atom stereocenters. The molecule has 28 heavy (non-hydrogen) atoms. The van der Waals surface area contributed by atoms with Crippen LogP contribution in [0.3, 0.4) is 0 Å². The van der Waals surface area contributed by atoms with Crippen molar-refractivity contribution < 1.29 is 19.1 Å². The number of hydrogen-bond donors (Lipinski definition) is 3. The van der Waals surface area contributed by atoms with Crippen LogP contribution in [0.4, 0.5) is 5.69 Å². The number of aryl methyl sites for hydroxylation is 1. The van der Waals surface area contributed by atoms with Crippen LogP contribution in [-0.4, -0.2) is 37.6 Å². The zero-order chi connectivity index (χ0) is 20.1. The molecule has 0 radical (unpaired) electrons. The lowest BCUT2D eigenvalue weighted by atomic mass is 10.1. The predicted molar refractivity (Wildman–Crippen MR) is 108 cm³/mol. The third-order valence-electron chi connectivity index (χ3n) is 4.52. The van der Waals surface area contributed by atoms with E-state index in [0.717, 1.165) is 16.5 Å². The van der Waals surface area contributed by atoms with E-state index in [1.165, 1.54) is 19.8 Å². The van der Waals surface area contributed by atoms with E-state index < -0.39 is 11.8 Å². The van der Waals surface area contributed by atoms with E-state index >= 15 is 0 Å². The number of amides is 2. The van der Waals surface area contributed by atoms with Crippen LogP contribution in [-0.2, 0) is 16.0 Å². The number of aromatic nitrogens is 1. The van der Waals surface area contributed by atoms with Gasteiger partial charge in [-0.05, 0) is 42.7 Å². The van der Waals surface area contributed by atoms with Gasteiger partial charge in [-0.15, -0.1) is 0 Å². The van der Waals surface area contributed by atoms with Crippen LogP contribution >= 0.6 is 0 Å². The van der Waals surface area contributed by atoms with Gasteiger partial charge in [0.05, 0.1) is 14.2 Å². The maximum Gasteiger partial charge on any atom is 0.313 e. The van der Waals surface area contributed by atoms with Gasteiger partial charge in [0, 0.05) is 35.4 Å². The van der Waals surface area contributed by atoms with Gasteiger partial charge in [-0.25, -0.2) is 0 Å². The molecule has 3 aromatic rings. The van der Waals surface area contributed by atoms with E-state index in [9.17, 15) is 9.59 Å². The molecule has 0 spiro atoms. The molecule has 2 amide bonds. The summed E-state index contributed by atoms with van der Waals surface area (Å²) >= 11 is 0. The van der Waals surface area contributed by atoms with Crippen LogP contribution in [0, 0.1) is 6.92 Å². The molecule has 1 aromatic heterocycles. The number of hydrogen-bond acceptors (Lipinski definition) is 4. The largest absolute Gasteiger partial charge is 0.493 e. The van der Waals surface area contributed by atoms with Gasteiger partial charge >= 0.3 is 11.8 Å². The van der Waals surface area contributed by atoms with Crippen molar-refractivity contribution in [3.63, 3.8) is 0 Å². The van der Waals surface area contributed by atoms with Crippen molar-refractivity contribution in [1.29, 1.82) is 0 Å². The summed E-state index contributed by atoms with van der Waals surface area (Å²) in [5.41, 5.74) is 3.79. The second-order valence-corrected chi connectivity index (χ2v) is 6.34. The maximum absolute atomic E-state index is 12.1. The Hall–Kier alpha value is -3.48. The molecule has 0 saturated heterocycles. The number of carbonyl (C=O) groups excluding carboxylic acids is 2. The Balaban J connectivity index is 1.57. The maximum atomic E-state index is 12.1. The number of rotatable bonds is 6. The van der Waals surface area contributed by atoms with Crippen LogP contribution in [0.2, 0.25) is 0 Å². The second kappa shape index (κ2) is 8.47. The standard InChI is InChI=1S/C21H23N3O4/c1-13-5-4-6-16-19(13)14(12-23-16)9-10-22-20(25)21(26)24-15-7-8-17(27-2)18(11-15)28-3/h4-8,11-12,23H,9-10H2,1-3H3,(H,22,25)(H,24,26). The van der Waals surface area contributed by atoms with Crippen molar-refractivity contribution in [1.82, 2.24) is 10.3 Å². The Morgan fingerprint density at radius 1 is 1.04 bits per heavy atom. The van der Waals surface area contributed by atoms with Crippen molar-refractivity contribution in [3.05, 3.63) is 53.7 Å². The molecule has 146 valence electrons. The smallest absolute Gasteiger partial charge is 0.313 e. The van der Waals surface area contributed by atoms with Gasteiger partial charge in [-0.1, -0.05) is 12.1 Å². The van der Waals surface area contributed by atoms with Crippen molar-refractivity contribution in [2.24, 2.45) is 0 Å². The van der Waals surface area contributed by atoms with E-state index in [4.69, 9.17) is 9.47 Å². The zero-order valence-electron chi connectivity index (χ0n) is 16.1. The van der Waals surface area contributed by atoms with E-state index in [1.54, 1.807) is 18.2 Å². The number of benzene rings is 2. The average molecular weight is 381 g/mol. The second-order valence-electron chi connectivity index (χ2n) is 6.34. The highest BCUT2D eigenvalue weighted by Gasteiger charge is 2.15. The van der Waals surface area contributed by atoms with E-state index in [2.05, 4.69) is 28.6 Å². The summed E-state index contributed by atoms with van der Waals surface area (Å²) in [6.45, 7) is 2.41. The SMILES string of the molecule is COc1ccc(NC(=O)C(=O)NCCc2c[nH]c3cccc(C)c23)cc1OC. The summed E-state index contributed by atoms with van der Waals surface area (Å²) in [7, 11) is 3.03. The average Bonchev–Trinajstić information content (AvgIpc) is 3.12. The van der Waals surface area contributed by atoms with Gasteiger partial charge in [0.15, 0.2) is 11.5 Å². The van der Waals surface area contributed by atoms with Crippen molar-refractivity contribution in [2.75, 3.05) is 26.1 Å². The molecule has 0 bridgehead atoms. The number of nitrogens with one attached hydrogen (secondary N) is 3. The lowest BCUT2D eigenvalue weighted by molar-refractivity contribution is -0.136. The summed E-state index contributed by atoms with van der Waals surface area (Å²) in [6, 6.07) is 11.0. The minimum Gasteiger partial charge on any atom is -0.493 e. The topological polar surface area (TPSA) is 92.5 Å². The fraction of sp³-hybridized carbons (Fsp3) is 0.238. The first-order valence-corrected chi connectivity index (χ1v) is 8.90. The van der Waals surface area contributed by atoms with Gasteiger partial charge < -0.3 is 25.1 Å². The number of H-pyrrole nitrogens is 1. The molecule has 0 aliphatic heterocycles. The van der Waals surface area contributed by atoms with Crippen LogP contribution in [0.1, 0.15) is 11.1 Å². The summed E-state index contributed by atoms with van der Waals surface area (Å²) in [6.07, 6.45) is 2.56. The summed E-state index contributed by atoms with van der Waals surface area (Å²) < 4.78 is 10.3. The van der Waals surface area contributed by atoms with Crippen LogP contribution in [0.5, 0.6) is 11.5 Å². The highest BCUT2D eigenvalue weighted by Crippen LogP contribution is 2.29. The lowest BCUT2D eigenvalue weighted by Gasteiger charge is -2.10. The van der Waals surface area contributed by atoms with E-state index in [0.29, 0.717) is 30.2 Å². The number of ether oxygens (including phenoxy) is 2. The predicted octanol–water partition coefficient (Wildman–Crippen LogP) is 2.79. The normalized spacial score (nSPS) is 10.5. The van der Waals surface area contributed by atoms with Gasteiger partial charge in [0.25, 0.3) is 0 Å². The molecule has 1 heterocycles. The highest BCUT2D eigenvalue weighted by molar-refractivity contribution is 6.39. The molecule has 0 aliphatic rings. The molecule has 0 fully saturated rings. The molecule has 3 rings (SSSR count). The molecular weight excluding hydrogens is 358 g/mol. The number of methoxy groups -OCH3 is 2. The van der Waals surface area contributed by atoms with Crippen molar-refractivity contribution >= 4 is 28.4 Å². The number of carbonyl (C=O) groups is 2. The Morgan fingerprint density at radius 3 is 2.57 bits per heavy atom. The highest BCUT2D eigenvalue weighted by atomic mass is 16.5. The summed E-state index contributed by atoms with van der Waals surface area (Å²) in [4.78, 5) is 27.4. The molecule has 7 nitrogen and oxygen atoms in total. The number of anilines is 1. The number of aromatic amines is 1. The first kappa shape index (κ1) is 19.3. The Kier molecular flexibility index (Phi) is 5.84. The quantitative estimate of drug-likeness (QED) is 0.573. The molecular formula is C21H23N3O4. The first-order valence-electron chi connectivity index (χ1n) is 8.90. The van der Waals surface area contributed by atoms with Crippen molar-refractivity contribution in [2.45, 2.75) is 13.3 Å². The lowest BCUT2D eigenvalue weighted by Crippen LogP contribution is -2.36. The molecule has 3 N–H and O–H groups in total. The Labute approximate surface area is 163 Å². The van der Waals surface area contributed by atoms with Crippen LogP contribution < -0.4 is 20.1 Å². The Bertz CT molecular complexity index is 1010. The third kappa shape index (κ3) is 4.09. The van der Waals surface area contributed by atoms with Crippen LogP contribution in [0.25, 0.3) is 10.9 Å². The molecule has 7 heteroatoms. The first-order chi connectivity index (χ1) is 13.5. The third-order valence-corrected chi connectivity index (χ3v) is 4.52. The van der Waals surface area contributed by atoms with Gasteiger partial charge in [-0.2, -0.15) is 0 Å².